The van der Waals surface area contributed by atoms with E-state index in [1.807, 2.05) is 41.6 Å². The summed E-state index contributed by atoms with van der Waals surface area (Å²) < 4.78 is 0.775. The molecule has 1 heterocycles. The smallest absolute Gasteiger partial charge is 0.271 e. The maximum atomic E-state index is 11.5. The molecule has 0 fully saturated rings. The van der Waals surface area contributed by atoms with Crippen LogP contribution >= 0.6 is 22.6 Å². The van der Waals surface area contributed by atoms with Crippen molar-refractivity contribution in [3.05, 3.63) is 21.5 Å². The molecule has 1 amide bonds. The van der Waals surface area contributed by atoms with Crippen molar-refractivity contribution < 1.29 is 4.79 Å². The molecule has 1 N–H and O–H groups in total. The molecule has 0 aliphatic rings. The number of amides is 1. The molecular weight excluding hydrogens is 303 g/mol. The van der Waals surface area contributed by atoms with Crippen LogP contribution in [0, 0.1) is 3.70 Å². The second kappa shape index (κ2) is 5.96. The summed E-state index contributed by atoms with van der Waals surface area (Å²) in [6.45, 7) is 1.42. The molecule has 82 valence electrons. The van der Waals surface area contributed by atoms with E-state index in [0.717, 1.165) is 10.2 Å². The second-order valence-corrected chi connectivity index (χ2v) is 4.41. The Bertz CT molecular complexity index is 325. The van der Waals surface area contributed by atoms with Gasteiger partial charge in [0.25, 0.3) is 5.91 Å². The molecule has 0 bridgehead atoms. The number of nitrogens with one attached hydrogen (secondary N) is 1. The van der Waals surface area contributed by atoms with Crippen LogP contribution in [0.15, 0.2) is 12.1 Å². The molecule has 5 nitrogen and oxygen atoms in total. The Kier molecular flexibility index (Phi) is 4.89. The zero-order chi connectivity index (χ0) is 11.3. The van der Waals surface area contributed by atoms with Crippen molar-refractivity contribution in [2.24, 2.45) is 0 Å². The van der Waals surface area contributed by atoms with Crippen LogP contribution in [-0.4, -0.2) is 48.2 Å². The van der Waals surface area contributed by atoms with E-state index >= 15 is 0 Å². The fourth-order valence-electron chi connectivity index (χ4n) is 0.921. The van der Waals surface area contributed by atoms with Gasteiger partial charge in [-0.1, -0.05) is 0 Å². The van der Waals surface area contributed by atoms with Gasteiger partial charge in [0.2, 0.25) is 0 Å². The van der Waals surface area contributed by atoms with Crippen molar-refractivity contribution >= 4 is 28.5 Å². The zero-order valence-corrected chi connectivity index (χ0v) is 10.9. The molecule has 0 aliphatic heterocycles. The SMILES string of the molecule is CN(C)CCNC(=O)c1ccc([123I])nn1. The monoisotopic (exact) mass is 316 g/mol. The van der Waals surface area contributed by atoms with Gasteiger partial charge in [0.1, 0.15) is 3.70 Å². The quantitative estimate of drug-likeness (QED) is 0.816. The first-order valence-electron chi connectivity index (χ1n) is 4.52. The van der Waals surface area contributed by atoms with Crippen LogP contribution < -0.4 is 5.32 Å². The minimum Gasteiger partial charge on any atom is -0.349 e. The van der Waals surface area contributed by atoms with Gasteiger partial charge in [-0.3, -0.25) is 4.79 Å². The van der Waals surface area contributed by atoms with Gasteiger partial charge in [-0.2, -0.15) is 0 Å². The number of nitrogens with zero attached hydrogens (tertiary/aromatic N) is 3. The highest BCUT2D eigenvalue weighted by Crippen LogP contribution is 1.99. The van der Waals surface area contributed by atoms with Gasteiger partial charge in [0.15, 0.2) is 5.69 Å². The molecule has 0 aromatic carbocycles. The average Bonchev–Trinajstić information content (AvgIpc) is 2.18. The summed E-state index contributed by atoms with van der Waals surface area (Å²) in [5.74, 6) is -0.180. The van der Waals surface area contributed by atoms with Crippen LogP contribution in [0.25, 0.3) is 0 Å². The van der Waals surface area contributed by atoms with Crippen molar-refractivity contribution in [3.63, 3.8) is 0 Å². The molecule has 0 aliphatic carbocycles. The molecule has 1 aromatic heterocycles. The first kappa shape index (κ1) is 12.3. The van der Waals surface area contributed by atoms with E-state index in [1.54, 1.807) is 12.1 Å². The molecule has 0 atom stereocenters. The molecular formula is C9H13IN4O. The van der Waals surface area contributed by atoms with Crippen LogP contribution in [0.4, 0.5) is 0 Å². The molecule has 1 rings (SSSR count). The Morgan fingerprint density at radius 3 is 2.73 bits per heavy atom. The van der Waals surface area contributed by atoms with Crippen molar-refractivity contribution in [3.8, 4) is 0 Å². The fourth-order valence-corrected chi connectivity index (χ4v) is 1.21. The molecule has 0 unspecified atom stereocenters. The van der Waals surface area contributed by atoms with Gasteiger partial charge in [0, 0.05) is 13.1 Å². The minimum atomic E-state index is -0.180. The van der Waals surface area contributed by atoms with Crippen molar-refractivity contribution in [1.82, 2.24) is 20.4 Å². The van der Waals surface area contributed by atoms with Crippen molar-refractivity contribution in [2.75, 3.05) is 27.2 Å². The summed E-state index contributed by atoms with van der Waals surface area (Å²) in [6, 6.07) is 3.42. The molecule has 0 saturated heterocycles. The maximum absolute atomic E-state index is 11.5. The first-order valence-corrected chi connectivity index (χ1v) is 5.59. The molecule has 1 aromatic rings. The number of likely N-dealkylation sites (N-methyl/N-ethyl adjacent to an activating group) is 1. The lowest BCUT2D eigenvalue weighted by molar-refractivity contribution is 0.0945. The van der Waals surface area contributed by atoms with Crippen LogP contribution in [-0.2, 0) is 0 Å². The van der Waals surface area contributed by atoms with Crippen LogP contribution in [0.5, 0.6) is 0 Å². The normalized spacial score (nSPS) is 10.4. The van der Waals surface area contributed by atoms with Gasteiger partial charge in [-0.25, -0.2) is 0 Å². The Labute approximate surface area is 102 Å². The number of hydrogen-bond donors (Lipinski definition) is 1. The molecule has 15 heavy (non-hydrogen) atoms. The Balaban J connectivity index is 2.43. The summed E-state index contributed by atoms with van der Waals surface area (Å²) in [5.41, 5.74) is 0.356. The number of halogens is 1. The van der Waals surface area contributed by atoms with Gasteiger partial charge in [-0.15, -0.1) is 10.2 Å². The number of aromatic nitrogens is 2. The number of hydrogen-bond acceptors (Lipinski definition) is 4. The Morgan fingerprint density at radius 1 is 1.47 bits per heavy atom. The van der Waals surface area contributed by atoms with Gasteiger partial charge >= 0.3 is 0 Å². The first-order chi connectivity index (χ1) is 7.09. The van der Waals surface area contributed by atoms with Crippen LogP contribution in [0.3, 0.4) is 0 Å². The summed E-state index contributed by atoms with van der Waals surface area (Å²) >= 11 is 2.05. The number of rotatable bonds is 4. The molecule has 0 radical (unpaired) electrons. The topological polar surface area (TPSA) is 58.1 Å². The van der Waals surface area contributed by atoms with E-state index in [4.69, 9.17) is 0 Å². The van der Waals surface area contributed by atoms with Crippen molar-refractivity contribution in [1.29, 1.82) is 0 Å². The Morgan fingerprint density at radius 2 is 2.20 bits per heavy atom. The van der Waals surface area contributed by atoms with E-state index in [2.05, 4.69) is 15.5 Å². The molecule has 0 saturated carbocycles. The fraction of sp³-hybridized carbons (Fsp3) is 0.444. The minimum absolute atomic E-state index is 0.180. The third-order valence-corrected chi connectivity index (χ3v) is 2.28. The van der Waals surface area contributed by atoms with Crippen LogP contribution in [0.1, 0.15) is 10.5 Å². The number of carbonyl (C=O) groups excluding carboxylic acids is 1. The van der Waals surface area contributed by atoms with E-state index < -0.39 is 0 Å². The van der Waals surface area contributed by atoms with Crippen LogP contribution in [0.2, 0.25) is 0 Å². The van der Waals surface area contributed by atoms with Crippen molar-refractivity contribution in [2.45, 2.75) is 0 Å². The summed E-state index contributed by atoms with van der Waals surface area (Å²) in [4.78, 5) is 13.5. The summed E-state index contributed by atoms with van der Waals surface area (Å²) in [6.07, 6.45) is 0. The predicted octanol–water partition coefficient (Wildman–Crippen LogP) is 0.373. The third kappa shape index (κ3) is 4.52. The average molecular weight is 316 g/mol. The zero-order valence-electron chi connectivity index (χ0n) is 8.70. The lowest BCUT2D eigenvalue weighted by Crippen LogP contribution is -2.31. The summed E-state index contributed by atoms with van der Waals surface area (Å²) in [7, 11) is 3.91. The highest BCUT2D eigenvalue weighted by molar-refractivity contribution is 14.1. The predicted molar refractivity (Wildman–Crippen MR) is 65.6 cm³/mol. The van der Waals surface area contributed by atoms with E-state index in [9.17, 15) is 4.79 Å². The second-order valence-electron chi connectivity index (χ2n) is 3.30. The maximum Gasteiger partial charge on any atom is 0.271 e. The van der Waals surface area contributed by atoms with E-state index in [1.165, 1.54) is 0 Å². The highest BCUT2D eigenvalue weighted by Gasteiger charge is 2.06. The highest BCUT2D eigenvalue weighted by atomic mass is 123. The molecule has 0 spiro atoms. The van der Waals surface area contributed by atoms with E-state index in [0.29, 0.717) is 12.2 Å². The van der Waals surface area contributed by atoms with Gasteiger partial charge in [-0.05, 0) is 48.8 Å². The molecule has 6 heteroatoms. The largest absolute Gasteiger partial charge is 0.349 e. The van der Waals surface area contributed by atoms with E-state index in [-0.39, 0.29) is 5.91 Å². The van der Waals surface area contributed by atoms with Gasteiger partial charge < -0.3 is 10.2 Å². The Hall–Kier alpha value is -0.760. The standard InChI is InChI=1S/C9H13IN4O/c1-14(2)6-5-11-9(15)7-3-4-8(10)13-12-7/h3-4H,5-6H2,1-2H3,(H,11,15)/i10-4. The lowest BCUT2D eigenvalue weighted by atomic mass is 10.3. The number of carbonyl (C=O) groups is 1. The van der Waals surface area contributed by atoms with Gasteiger partial charge in [0.05, 0.1) is 0 Å². The summed E-state index contributed by atoms with van der Waals surface area (Å²) in [5, 5.41) is 10.4. The lowest BCUT2D eigenvalue weighted by Gasteiger charge is -2.09. The third-order valence-electron chi connectivity index (χ3n) is 1.71.